The Morgan fingerprint density at radius 1 is 1.44 bits per heavy atom. The summed E-state index contributed by atoms with van der Waals surface area (Å²) in [7, 11) is -3.46. The molecule has 1 fully saturated rings. The summed E-state index contributed by atoms with van der Waals surface area (Å²) in [6.07, 6.45) is 4.03. The van der Waals surface area contributed by atoms with Crippen LogP contribution in [0.25, 0.3) is 0 Å². The van der Waals surface area contributed by atoms with Gasteiger partial charge in [-0.1, -0.05) is 13.3 Å². The number of unbranched alkanes of at least 4 members (excludes halogenated alkanes) is 1. The summed E-state index contributed by atoms with van der Waals surface area (Å²) in [4.78, 5) is 13.3. The number of rotatable bonds is 6. The third-order valence-electron chi connectivity index (χ3n) is 2.81. The summed E-state index contributed by atoms with van der Waals surface area (Å²) in [6.45, 7) is 3.04. The van der Waals surface area contributed by atoms with E-state index in [-0.39, 0.29) is 18.7 Å². The molecule has 0 unspecified atom stereocenters. The first kappa shape index (κ1) is 15.2. The van der Waals surface area contributed by atoms with E-state index in [1.165, 1.54) is 0 Å². The second-order valence-corrected chi connectivity index (χ2v) is 6.09. The largest absolute Gasteiger partial charge is 0.449 e. The Morgan fingerprint density at radius 2 is 2.17 bits per heavy atom. The molecule has 106 valence electrons. The first-order valence-corrected chi connectivity index (χ1v) is 8.03. The first-order chi connectivity index (χ1) is 8.44. The van der Waals surface area contributed by atoms with E-state index in [9.17, 15) is 13.2 Å². The predicted octanol–water partition coefficient (Wildman–Crippen LogP) is 1.36. The van der Waals surface area contributed by atoms with E-state index < -0.39 is 10.1 Å². The van der Waals surface area contributed by atoms with E-state index in [0.29, 0.717) is 13.2 Å². The highest BCUT2D eigenvalue weighted by molar-refractivity contribution is 7.85. The molecule has 0 saturated carbocycles. The van der Waals surface area contributed by atoms with Crippen molar-refractivity contribution in [3.8, 4) is 0 Å². The van der Waals surface area contributed by atoms with Crippen LogP contribution in [-0.2, 0) is 19.0 Å². The second kappa shape index (κ2) is 6.94. The van der Waals surface area contributed by atoms with Crippen LogP contribution in [-0.4, -0.2) is 51.5 Å². The zero-order valence-electron chi connectivity index (χ0n) is 10.9. The van der Waals surface area contributed by atoms with Crippen molar-refractivity contribution in [1.29, 1.82) is 0 Å². The van der Waals surface area contributed by atoms with E-state index in [1.54, 1.807) is 4.90 Å². The van der Waals surface area contributed by atoms with Gasteiger partial charge in [0, 0.05) is 6.54 Å². The number of hydrogen-bond acceptors (Lipinski definition) is 5. The molecule has 0 aliphatic carbocycles. The van der Waals surface area contributed by atoms with Crippen molar-refractivity contribution in [3.05, 3.63) is 0 Å². The molecule has 1 aliphatic heterocycles. The SMILES string of the molecule is CCCCOC(=O)N1CCC[C@@H]1COS(C)(=O)=O. The summed E-state index contributed by atoms with van der Waals surface area (Å²) in [6, 6.07) is -0.200. The Hall–Kier alpha value is -0.820. The zero-order valence-corrected chi connectivity index (χ0v) is 11.7. The number of ether oxygens (including phenoxy) is 1. The van der Waals surface area contributed by atoms with Crippen LogP contribution in [0.4, 0.5) is 4.79 Å². The number of nitrogens with zero attached hydrogens (tertiary/aromatic N) is 1. The molecular weight excluding hydrogens is 258 g/mol. The Morgan fingerprint density at radius 3 is 2.78 bits per heavy atom. The van der Waals surface area contributed by atoms with E-state index in [4.69, 9.17) is 8.92 Å². The van der Waals surface area contributed by atoms with Crippen molar-refractivity contribution >= 4 is 16.2 Å². The van der Waals surface area contributed by atoms with Gasteiger partial charge in [0.05, 0.1) is 25.5 Å². The average molecular weight is 279 g/mol. The second-order valence-electron chi connectivity index (χ2n) is 4.45. The third kappa shape index (κ3) is 5.22. The van der Waals surface area contributed by atoms with Crippen LogP contribution in [0.1, 0.15) is 32.6 Å². The van der Waals surface area contributed by atoms with Gasteiger partial charge < -0.3 is 9.64 Å². The van der Waals surface area contributed by atoms with Crippen LogP contribution >= 0.6 is 0 Å². The van der Waals surface area contributed by atoms with E-state index in [0.717, 1.165) is 31.9 Å². The van der Waals surface area contributed by atoms with Crippen LogP contribution in [0, 0.1) is 0 Å². The molecule has 0 aromatic carbocycles. The van der Waals surface area contributed by atoms with Gasteiger partial charge in [-0.15, -0.1) is 0 Å². The number of hydrogen-bond donors (Lipinski definition) is 0. The average Bonchev–Trinajstić information content (AvgIpc) is 2.73. The minimum absolute atomic E-state index is 0.0156. The van der Waals surface area contributed by atoms with Crippen molar-refractivity contribution in [1.82, 2.24) is 4.90 Å². The molecule has 0 aromatic rings. The maximum absolute atomic E-state index is 11.8. The molecule has 7 heteroatoms. The number of likely N-dealkylation sites (tertiary alicyclic amines) is 1. The first-order valence-electron chi connectivity index (χ1n) is 6.22. The van der Waals surface area contributed by atoms with Gasteiger partial charge in [-0.25, -0.2) is 4.79 Å². The predicted molar refractivity (Wildman–Crippen MR) is 66.8 cm³/mol. The number of carbonyl (C=O) groups is 1. The summed E-state index contributed by atoms with van der Waals surface area (Å²) in [5.41, 5.74) is 0. The molecular formula is C11H21NO5S. The Kier molecular flexibility index (Phi) is 5.87. The number of carbonyl (C=O) groups excluding carboxylic acids is 1. The molecule has 1 atom stereocenters. The van der Waals surface area contributed by atoms with Gasteiger partial charge >= 0.3 is 6.09 Å². The minimum atomic E-state index is -3.46. The Labute approximate surface area is 108 Å². The van der Waals surface area contributed by atoms with Crippen molar-refractivity contribution in [3.63, 3.8) is 0 Å². The smallest absolute Gasteiger partial charge is 0.410 e. The lowest BCUT2D eigenvalue weighted by Gasteiger charge is -2.23. The molecule has 0 radical (unpaired) electrons. The van der Waals surface area contributed by atoms with Crippen molar-refractivity contribution in [2.45, 2.75) is 38.6 Å². The Bertz CT molecular complexity index is 368. The fourth-order valence-corrected chi connectivity index (χ4v) is 2.24. The molecule has 1 aliphatic rings. The molecule has 18 heavy (non-hydrogen) atoms. The van der Waals surface area contributed by atoms with Gasteiger partial charge in [-0.3, -0.25) is 4.18 Å². The molecule has 0 spiro atoms. The van der Waals surface area contributed by atoms with Crippen LogP contribution in [0.5, 0.6) is 0 Å². The molecule has 6 nitrogen and oxygen atoms in total. The fourth-order valence-electron chi connectivity index (χ4n) is 1.84. The quantitative estimate of drug-likeness (QED) is 0.542. The standard InChI is InChI=1S/C11H21NO5S/c1-3-4-8-16-11(13)12-7-5-6-10(12)9-17-18(2,14)15/h10H,3-9H2,1-2H3/t10-/m1/s1. The number of amides is 1. The minimum Gasteiger partial charge on any atom is -0.449 e. The van der Waals surface area contributed by atoms with Gasteiger partial charge in [-0.2, -0.15) is 8.42 Å². The lowest BCUT2D eigenvalue weighted by atomic mass is 10.2. The monoisotopic (exact) mass is 279 g/mol. The summed E-state index contributed by atoms with van der Waals surface area (Å²) >= 11 is 0. The highest BCUT2D eigenvalue weighted by atomic mass is 32.2. The van der Waals surface area contributed by atoms with Gasteiger partial charge in [0.2, 0.25) is 0 Å². The van der Waals surface area contributed by atoms with Crippen LogP contribution in [0.15, 0.2) is 0 Å². The van der Waals surface area contributed by atoms with Crippen LogP contribution in [0.2, 0.25) is 0 Å². The van der Waals surface area contributed by atoms with E-state index >= 15 is 0 Å². The molecule has 1 heterocycles. The third-order valence-corrected chi connectivity index (χ3v) is 3.37. The van der Waals surface area contributed by atoms with Gasteiger partial charge in [-0.05, 0) is 19.3 Å². The maximum Gasteiger partial charge on any atom is 0.410 e. The maximum atomic E-state index is 11.8. The van der Waals surface area contributed by atoms with Crippen LogP contribution < -0.4 is 0 Å². The molecule has 1 amide bonds. The Balaban J connectivity index is 2.41. The molecule has 1 saturated heterocycles. The fraction of sp³-hybridized carbons (Fsp3) is 0.909. The normalized spacial score (nSPS) is 20.1. The van der Waals surface area contributed by atoms with Crippen molar-refractivity contribution in [2.75, 3.05) is 26.0 Å². The van der Waals surface area contributed by atoms with Gasteiger partial charge in [0.15, 0.2) is 0 Å². The molecule has 0 N–H and O–H groups in total. The van der Waals surface area contributed by atoms with E-state index in [2.05, 4.69) is 0 Å². The van der Waals surface area contributed by atoms with Crippen LogP contribution in [0.3, 0.4) is 0 Å². The molecule has 0 aromatic heterocycles. The van der Waals surface area contributed by atoms with Crippen molar-refractivity contribution < 1.29 is 22.1 Å². The molecule has 1 rings (SSSR count). The highest BCUT2D eigenvalue weighted by Crippen LogP contribution is 2.19. The highest BCUT2D eigenvalue weighted by Gasteiger charge is 2.30. The van der Waals surface area contributed by atoms with E-state index in [1.807, 2.05) is 6.92 Å². The summed E-state index contributed by atoms with van der Waals surface area (Å²) in [5, 5.41) is 0. The lowest BCUT2D eigenvalue weighted by Crippen LogP contribution is -2.39. The van der Waals surface area contributed by atoms with Gasteiger partial charge in [0.25, 0.3) is 10.1 Å². The summed E-state index contributed by atoms with van der Waals surface area (Å²) < 4.78 is 31.7. The zero-order chi connectivity index (χ0) is 13.6. The molecule has 0 bridgehead atoms. The summed E-state index contributed by atoms with van der Waals surface area (Å²) in [5.74, 6) is 0. The van der Waals surface area contributed by atoms with Crippen molar-refractivity contribution in [2.24, 2.45) is 0 Å². The lowest BCUT2D eigenvalue weighted by molar-refractivity contribution is 0.0873. The topological polar surface area (TPSA) is 72.9 Å². The van der Waals surface area contributed by atoms with Gasteiger partial charge in [0.1, 0.15) is 0 Å².